The molecule has 0 amide bonds. The lowest BCUT2D eigenvalue weighted by atomic mass is 10.00. The van der Waals surface area contributed by atoms with Crippen LogP contribution in [0.25, 0.3) is 0 Å². The molecule has 0 aliphatic rings. The van der Waals surface area contributed by atoms with Crippen molar-refractivity contribution >= 4 is 38.9 Å². The Hall–Kier alpha value is -0.350. The summed E-state index contributed by atoms with van der Waals surface area (Å²) in [6, 6.07) is 10.8. The Morgan fingerprint density at radius 3 is 2.67 bits per heavy atom. The highest BCUT2D eigenvalue weighted by Gasteiger charge is 2.18. The van der Waals surface area contributed by atoms with E-state index in [4.69, 9.17) is 11.6 Å². The first-order valence-corrected chi connectivity index (χ1v) is 7.86. The molecule has 1 unspecified atom stereocenters. The molecular weight excluding hydrogens is 330 g/mol. The zero-order chi connectivity index (χ0) is 13.1. The van der Waals surface area contributed by atoms with Crippen molar-refractivity contribution in [2.45, 2.75) is 19.9 Å². The summed E-state index contributed by atoms with van der Waals surface area (Å²) in [6.07, 6.45) is 0. The van der Waals surface area contributed by atoms with Gasteiger partial charge in [0.1, 0.15) is 4.34 Å². The molecule has 0 bridgehead atoms. The minimum atomic E-state index is 0.213. The van der Waals surface area contributed by atoms with Crippen LogP contribution in [-0.4, -0.2) is 6.54 Å². The Morgan fingerprint density at radius 2 is 2.11 bits per heavy atom. The number of rotatable bonds is 4. The van der Waals surface area contributed by atoms with Crippen LogP contribution in [0.1, 0.15) is 29.0 Å². The molecule has 2 aromatic rings. The topological polar surface area (TPSA) is 12.0 Å². The summed E-state index contributed by atoms with van der Waals surface area (Å²) in [5.74, 6) is 0. The second-order valence-electron chi connectivity index (χ2n) is 4.12. The summed E-state index contributed by atoms with van der Waals surface area (Å²) in [7, 11) is 0. The maximum Gasteiger partial charge on any atom is 0.107 e. The van der Waals surface area contributed by atoms with E-state index in [1.54, 1.807) is 11.3 Å². The fourth-order valence-electron chi connectivity index (χ4n) is 1.98. The number of hydrogen-bond donors (Lipinski definition) is 1. The highest BCUT2D eigenvalue weighted by Crippen LogP contribution is 2.37. The summed E-state index contributed by atoms with van der Waals surface area (Å²) < 4.78 is 1.78. The van der Waals surface area contributed by atoms with Gasteiger partial charge in [-0.1, -0.05) is 42.8 Å². The van der Waals surface area contributed by atoms with Crippen LogP contribution in [0.15, 0.2) is 34.8 Å². The monoisotopic (exact) mass is 343 g/mol. The molecule has 0 fully saturated rings. The van der Waals surface area contributed by atoms with Crippen molar-refractivity contribution in [1.29, 1.82) is 0 Å². The van der Waals surface area contributed by atoms with Gasteiger partial charge < -0.3 is 5.32 Å². The van der Waals surface area contributed by atoms with Crippen molar-refractivity contribution in [1.82, 2.24) is 5.32 Å². The van der Waals surface area contributed by atoms with Crippen LogP contribution in [0, 0.1) is 6.92 Å². The molecule has 1 heterocycles. The molecule has 1 aromatic heterocycles. The van der Waals surface area contributed by atoms with Crippen LogP contribution < -0.4 is 5.32 Å². The number of aryl methyl sites for hydroxylation is 1. The summed E-state index contributed by atoms with van der Waals surface area (Å²) in [4.78, 5) is 1.24. The van der Waals surface area contributed by atoms with Crippen LogP contribution in [0.5, 0.6) is 0 Å². The van der Waals surface area contributed by atoms with E-state index >= 15 is 0 Å². The van der Waals surface area contributed by atoms with Crippen LogP contribution in [-0.2, 0) is 0 Å². The summed E-state index contributed by atoms with van der Waals surface area (Å²) in [5, 5.41) is 3.53. The summed E-state index contributed by atoms with van der Waals surface area (Å²) >= 11 is 11.2. The fourth-order valence-corrected chi connectivity index (χ4v) is 3.82. The first-order chi connectivity index (χ1) is 8.63. The highest BCUT2D eigenvalue weighted by molar-refractivity contribution is 9.10. The molecule has 1 N–H and O–H groups in total. The van der Waals surface area contributed by atoms with Gasteiger partial charge in [-0.2, -0.15) is 0 Å². The standard InChI is InChI=1S/C14H15BrClNS/c1-3-17-13(10-7-5-4-6-9(10)2)12-8-11(15)14(16)18-12/h4-8,13,17H,3H2,1-2H3. The number of benzene rings is 1. The zero-order valence-electron chi connectivity index (χ0n) is 10.3. The van der Waals surface area contributed by atoms with Crippen molar-refractivity contribution < 1.29 is 0 Å². The van der Waals surface area contributed by atoms with Crippen molar-refractivity contribution in [3.8, 4) is 0 Å². The molecule has 0 aliphatic heterocycles. The van der Waals surface area contributed by atoms with Gasteiger partial charge in [0.15, 0.2) is 0 Å². The lowest BCUT2D eigenvalue weighted by Crippen LogP contribution is -2.21. The fraction of sp³-hybridized carbons (Fsp3) is 0.286. The molecule has 0 saturated heterocycles. The predicted octanol–water partition coefficient (Wildman–Crippen LogP) is 5.17. The van der Waals surface area contributed by atoms with E-state index in [9.17, 15) is 0 Å². The van der Waals surface area contributed by atoms with E-state index in [2.05, 4.69) is 65.4 Å². The van der Waals surface area contributed by atoms with Crippen molar-refractivity contribution in [2.24, 2.45) is 0 Å². The van der Waals surface area contributed by atoms with Gasteiger partial charge >= 0.3 is 0 Å². The van der Waals surface area contributed by atoms with Gasteiger partial charge in [0.2, 0.25) is 0 Å². The zero-order valence-corrected chi connectivity index (χ0v) is 13.5. The molecule has 0 aliphatic carbocycles. The Bertz CT molecular complexity index is 519. The Balaban J connectivity index is 2.43. The largest absolute Gasteiger partial charge is 0.306 e. The lowest BCUT2D eigenvalue weighted by molar-refractivity contribution is 0.636. The second kappa shape index (κ2) is 6.20. The van der Waals surface area contributed by atoms with Crippen molar-refractivity contribution in [3.05, 3.63) is 55.1 Å². The molecule has 0 radical (unpaired) electrons. The average molecular weight is 345 g/mol. The lowest BCUT2D eigenvalue weighted by Gasteiger charge is -2.19. The van der Waals surface area contributed by atoms with Crippen molar-refractivity contribution in [2.75, 3.05) is 6.54 Å². The molecule has 1 aromatic carbocycles. The maximum absolute atomic E-state index is 6.14. The van der Waals surface area contributed by atoms with Gasteiger partial charge in [-0.3, -0.25) is 0 Å². The van der Waals surface area contributed by atoms with E-state index in [-0.39, 0.29) is 6.04 Å². The van der Waals surface area contributed by atoms with Gasteiger partial charge in [0.05, 0.1) is 6.04 Å². The molecule has 96 valence electrons. The molecular formula is C14H15BrClNS. The second-order valence-corrected chi connectivity index (χ2v) is 6.66. The number of nitrogens with one attached hydrogen (secondary N) is 1. The minimum Gasteiger partial charge on any atom is -0.306 e. The third-order valence-corrected chi connectivity index (χ3v) is 5.40. The van der Waals surface area contributed by atoms with E-state index in [1.165, 1.54) is 16.0 Å². The summed E-state index contributed by atoms with van der Waals surface area (Å²) in [5.41, 5.74) is 2.61. The summed E-state index contributed by atoms with van der Waals surface area (Å²) in [6.45, 7) is 5.19. The van der Waals surface area contributed by atoms with E-state index in [0.717, 1.165) is 15.4 Å². The molecule has 4 heteroatoms. The number of hydrogen-bond acceptors (Lipinski definition) is 2. The van der Waals surface area contributed by atoms with Gasteiger partial charge in [-0.25, -0.2) is 0 Å². The third kappa shape index (κ3) is 2.97. The molecule has 0 spiro atoms. The van der Waals surface area contributed by atoms with E-state index < -0.39 is 0 Å². The Kier molecular flexibility index (Phi) is 4.84. The normalized spacial score (nSPS) is 12.7. The van der Waals surface area contributed by atoms with Crippen LogP contribution in [0.2, 0.25) is 4.34 Å². The van der Waals surface area contributed by atoms with Crippen LogP contribution in [0.3, 0.4) is 0 Å². The van der Waals surface area contributed by atoms with Crippen LogP contribution >= 0.6 is 38.9 Å². The van der Waals surface area contributed by atoms with Gasteiger partial charge in [0, 0.05) is 9.35 Å². The molecule has 1 nitrogen and oxygen atoms in total. The SMILES string of the molecule is CCNC(c1cc(Br)c(Cl)s1)c1ccccc1C. The number of thiophene rings is 1. The van der Waals surface area contributed by atoms with E-state index in [0.29, 0.717) is 0 Å². The molecule has 18 heavy (non-hydrogen) atoms. The first kappa shape index (κ1) is 14.1. The van der Waals surface area contributed by atoms with Gasteiger partial charge in [0.25, 0.3) is 0 Å². The van der Waals surface area contributed by atoms with Gasteiger partial charge in [-0.05, 0) is 46.6 Å². The number of halogens is 2. The molecule has 2 rings (SSSR count). The average Bonchev–Trinajstić information content (AvgIpc) is 2.68. The quantitative estimate of drug-likeness (QED) is 0.806. The molecule has 1 atom stereocenters. The van der Waals surface area contributed by atoms with Crippen molar-refractivity contribution in [3.63, 3.8) is 0 Å². The van der Waals surface area contributed by atoms with Gasteiger partial charge in [-0.15, -0.1) is 11.3 Å². The highest BCUT2D eigenvalue weighted by atomic mass is 79.9. The first-order valence-electron chi connectivity index (χ1n) is 5.87. The minimum absolute atomic E-state index is 0.213. The Morgan fingerprint density at radius 1 is 1.39 bits per heavy atom. The molecule has 0 saturated carbocycles. The Labute approximate surface area is 125 Å². The smallest absolute Gasteiger partial charge is 0.107 e. The van der Waals surface area contributed by atoms with Crippen LogP contribution in [0.4, 0.5) is 0 Å². The van der Waals surface area contributed by atoms with E-state index in [1.807, 2.05) is 0 Å². The predicted molar refractivity (Wildman–Crippen MR) is 83.7 cm³/mol. The maximum atomic E-state index is 6.14. The third-order valence-electron chi connectivity index (χ3n) is 2.86.